The molecule has 0 bridgehead atoms. The van der Waals surface area contributed by atoms with Crippen LogP contribution in [-0.2, 0) is 4.74 Å². The number of anilines is 1. The van der Waals surface area contributed by atoms with Crippen molar-refractivity contribution < 1.29 is 9.53 Å². The first-order valence-corrected chi connectivity index (χ1v) is 6.03. The van der Waals surface area contributed by atoms with E-state index < -0.39 is 0 Å². The summed E-state index contributed by atoms with van der Waals surface area (Å²) in [5.74, 6) is 0. The monoisotopic (exact) mass is 233 g/mol. The minimum atomic E-state index is -0.103. The van der Waals surface area contributed by atoms with Crippen molar-refractivity contribution in [1.29, 1.82) is 0 Å². The fourth-order valence-electron chi connectivity index (χ4n) is 2.45. The van der Waals surface area contributed by atoms with E-state index in [9.17, 15) is 4.79 Å². The molecule has 0 saturated carbocycles. The Hall–Kier alpha value is -1.35. The molecule has 1 heterocycles. The first-order valence-electron chi connectivity index (χ1n) is 6.03. The Bertz CT molecular complexity index is 405. The molecule has 1 aliphatic rings. The van der Waals surface area contributed by atoms with Crippen LogP contribution < -0.4 is 4.90 Å². The van der Waals surface area contributed by atoms with Crippen molar-refractivity contribution in [3.63, 3.8) is 0 Å². The first kappa shape index (κ1) is 12.1. The topological polar surface area (TPSA) is 29.5 Å². The van der Waals surface area contributed by atoms with E-state index in [1.165, 1.54) is 0 Å². The van der Waals surface area contributed by atoms with Crippen LogP contribution in [0.4, 0.5) is 5.69 Å². The van der Waals surface area contributed by atoms with Gasteiger partial charge in [0.15, 0.2) is 6.29 Å². The van der Waals surface area contributed by atoms with E-state index in [0.29, 0.717) is 0 Å². The van der Waals surface area contributed by atoms with Crippen LogP contribution in [0.1, 0.15) is 30.1 Å². The number of hydrogen-bond acceptors (Lipinski definition) is 3. The summed E-state index contributed by atoms with van der Waals surface area (Å²) in [6.45, 7) is 3.96. The van der Waals surface area contributed by atoms with Crippen molar-refractivity contribution in [3.05, 3.63) is 29.8 Å². The van der Waals surface area contributed by atoms with E-state index in [-0.39, 0.29) is 5.60 Å². The number of para-hydroxylation sites is 1. The van der Waals surface area contributed by atoms with Crippen molar-refractivity contribution in [3.8, 4) is 0 Å². The molecule has 2 rings (SSSR count). The van der Waals surface area contributed by atoms with Crippen LogP contribution in [0.5, 0.6) is 0 Å². The van der Waals surface area contributed by atoms with Gasteiger partial charge in [-0.3, -0.25) is 4.79 Å². The zero-order valence-corrected chi connectivity index (χ0v) is 10.5. The van der Waals surface area contributed by atoms with Gasteiger partial charge in [-0.25, -0.2) is 0 Å². The molecular weight excluding hydrogens is 214 g/mol. The predicted octanol–water partition coefficient (Wildman–Crippen LogP) is 2.50. The standard InChI is InChI=1S/C14H19NO2/c1-14(17-2)8-5-9-15(11-14)13-7-4-3-6-12(13)10-16/h3-4,6-7,10H,5,8-9,11H2,1-2H3. The van der Waals surface area contributed by atoms with Crippen molar-refractivity contribution in [2.45, 2.75) is 25.4 Å². The Morgan fingerprint density at radius 1 is 1.41 bits per heavy atom. The number of ether oxygens (including phenoxy) is 1. The largest absolute Gasteiger partial charge is 0.377 e. The summed E-state index contributed by atoms with van der Waals surface area (Å²) in [7, 11) is 1.76. The zero-order chi connectivity index (χ0) is 12.3. The maximum Gasteiger partial charge on any atom is 0.152 e. The predicted molar refractivity (Wildman–Crippen MR) is 68.7 cm³/mol. The summed E-state index contributed by atoms with van der Waals surface area (Å²) in [6.07, 6.45) is 3.09. The van der Waals surface area contributed by atoms with E-state index in [1.807, 2.05) is 24.3 Å². The molecule has 1 unspecified atom stereocenters. The molecule has 3 heteroatoms. The number of rotatable bonds is 3. The molecule has 1 aliphatic heterocycles. The number of hydrogen-bond donors (Lipinski definition) is 0. The highest BCUT2D eigenvalue weighted by Gasteiger charge is 2.31. The van der Waals surface area contributed by atoms with Crippen LogP contribution in [0.3, 0.4) is 0 Å². The van der Waals surface area contributed by atoms with E-state index in [4.69, 9.17) is 4.74 Å². The average molecular weight is 233 g/mol. The Morgan fingerprint density at radius 2 is 2.18 bits per heavy atom. The highest BCUT2D eigenvalue weighted by molar-refractivity contribution is 5.84. The van der Waals surface area contributed by atoms with E-state index >= 15 is 0 Å². The second-order valence-electron chi connectivity index (χ2n) is 4.86. The van der Waals surface area contributed by atoms with Crippen molar-refractivity contribution in [2.24, 2.45) is 0 Å². The lowest BCUT2D eigenvalue weighted by molar-refractivity contribution is -0.00467. The number of carbonyl (C=O) groups excluding carboxylic acids is 1. The number of carbonyl (C=O) groups is 1. The van der Waals surface area contributed by atoms with Crippen LogP contribution in [0.25, 0.3) is 0 Å². The molecule has 1 aromatic carbocycles. The quantitative estimate of drug-likeness (QED) is 0.751. The van der Waals surface area contributed by atoms with E-state index in [2.05, 4.69) is 11.8 Å². The van der Waals surface area contributed by atoms with Crippen LogP contribution in [0.15, 0.2) is 24.3 Å². The van der Waals surface area contributed by atoms with Gasteiger partial charge in [-0.2, -0.15) is 0 Å². The fourth-order valence-corrected chi connectivity index (χ4v) is 2.45. The summed E-state index contributed by atoms with van der Waals surface area (Å²) in [5, 5.41) is 0. The fraction of sp³-hybridized carbons (Fsp3) is 0.500. The molecule has 92 valence electrons. The summed E-state index contributed by atoms with van der Waals surface area (Å²) >= 11 is 0. The average Bonchev–Trinajstić information content (AvgIpc) is 2.39. The summed E-state index contributed by atoms with van der Waals surface area (Å²) < 4.78 is 5.57. The third-order valence-corrected chi connectivity index (χ3v) is 3.56. The van der Waals surface area contributed by atoms with Crippen molar-refractivity contribution in [1.82, 2.24) is 0 Å². The SMILES string of the molecule is COC1(C)CCCN(c2ccccc2C=O)C1. The molecule has 0 radical (unpaired) electrons. The smallest absolute Gasteiger partial charge is 0.152 e. The van der Waals surface area contributed by atoms with Crippen LogP contribution in [0, 0.1) is 0 Å². The van der Waals surface area contributed by atoms with Gasteiger partial charge in [0, 0.05) is 31.5 Å². The summed E-state index contributed by atoms with van der Waals surface area (Å²) in [6, 6.07) is 7.74. The van der Waals surface area contributed by atoms with Gasteiger partial charge in [-0.1, -0.05) is 12.1 Å². The minimum absolute atomic E-state index is 0.103. The maximum atomic E-state index is 11.0. The number of nitrogens with zero attached hydrogens (tertiary/aromatic N) is 1. The molecule has 0 amide bonds. The third kappa shape index (κ3) is 2.50. The van der Waals surface area contributed by atoms with Gasteiger partial charge >= 0.3 is 0 Å². The molecule has 0 aromatic heterocycles. The molecule has 17 heavy (non-hydrogen) atoms. The number of methoxy groups -OCH3 is 1. The zero-order valence-electron chi connectivity index (χ0n) is 10.5. The van der Waals surface area contributed by atoms with Gasteiger partial charge < -0.3 is 9.64 Å². The molecular formula is C14H19NO2. The van der Waals surface area contributed by atoms with Gasteiger partial charge in [0.2, 0.25) is 0 Å². The summed E-state index contributed by atoms with van der Waals surface area (Å²) in [5.41, 5.74) is 1.67. The lowest BCUT2D eigenvalue weighted by Crippen LogP contribution is -2.47. The number of aldehydes is 1. The molecule has 1 fully saturated rings. The Labute approximate surface area is 102 Å². The van der Waals surface area contributed by atoms with E-state index in [0.717, 1.165) is 43.5 Å². The second kappa shape index (κ2) is 4.88. The molecule has 0 spiro atoms. The van der Waals surface area contributed by atoms with Gasteiger partial charge in [-0.05, 0) is 31.9 Å². The first-order chi connectivity index (χ1) is 8.18. The van der Waals surface area contributed by atoms with E-state index in [1.54, 1.807) is 7.11 Å². The highest BCUT2D eigenvalue weighted by Crippen LogP contribution is 2.29. The second-order valence-corrected chi connectivity index (χ2v) is 4.86. The Morgan fingerprint density at radius 3 is 2.88 bits per heavy atom. The molecule has 1 saturated heterocycles. The summed E-state index contributed by atoms with van der Waals surface area (Å²) in [4.78, 5) is 13.3. The lowest BCUT2D eigenvalue weighted by atomic mass is 9.94. The van der Waals surface area contributed by atoms with Gasteiger partial charge in [0.1, 0.15) is 0 Å². The third-order valence-electron chi connectivity index (χ3n) is 3.56. The van der Waals surface area contributed by atoms with Gasteiger partial charge in [0.25, 0.3) is 0 Å². The Kier molecular flexibility index (Phi) is 3.48. The lowest BCUT2D eigenvalue weighted by Gasteiger charge is -2.41. The van der Waals surface area contributed by atoms with Crippen LogP contribution in [0.2, 0.25) is 0 Å². The molecule has 0 aliphatic carbocycles. The van der Waals surface area contributed by atoms with Crippen LogP contribution >= 0.6 is 0 Å². The van der Waals surface area contributed by atoms with Gasteiger partial charge in [0.05, 0.1) is 5.60 Å². The highest BCUT2D eigenvalue weighted by atomic mass is 16.5. The van der Waals surface area contributed by atoms with Gasteiger partial charge in [-0.15, -0.1) is 0 Å². The Balaban J connectivity index is 2.25. The molecule has 1 atom stereocenters. The number of benzene rings is 1. The molecule has 1 aromatic rings. The minimum Gasteiger partial charge on any atom is -0.377 e. The van der Waals surface area contributed by atoms with Crippen molar-refractivity contribution in [2.75, 3.05) is 25.1 Å². The normalized spacial score (nSPS) is 24.7. The van der Waals surface area contributed by atoms with Crippen molar-refractivity contribution >= 4 is 12.0 Å². The van der Waals surface area contributed by atoms with Crippen LogP contribution in [-0.4, -0.2) is 32.1 Å². The number of piperidine rings is 1. The molecule has 3 nitrogen and oxygen atoms in total. The maximum absolute atomic E-state index is 11.0. The molecule has 0 N–H and O–H groups in total.